The summed E-state index contributed by atoms with van der Waals surface area (Å²) in [5, 5.41) is 9.11. The van der Waals surface area contributed by atoms with Crippen molar-refractivity contribution in [2.75, 3.05) is 16.4 Å². The third-order valence-corrected chi connectivity index (χ3v) is 4.87. The molecule has 3 aromatic rings. The molecule has 0 fully saturated rings. The zero-order chi connectivity index (χ0) is 21.1. The van der Waals surface area contributed by atoms with E-state index in [1.54, 1.807) is 6.07 Å². The number of nitrogen functional groups attached to an aromatic ring is 1. The molecule has 30 heavy (non-hydrogen) atoms. The average Bonchev–Trinajstić information content (AvgIpc) is 3.07. The Morgan fingerprint density at radius 1 is 1.00 bits per heavy atom. The summed E-state index contributed by atoms with van der Waals surface area (Å²) in [7, 11) is 0. The van der Waals surface area contributed by atoms with Crippen molar-refractivity contribution >= 4 is 40.1 Å². The van der Waals surface area contributed by atoms with E-state index in [0.717, 1.165) is 28.1 Å². The van der Waals surface area contributed by atoms with Crippen LogP contribution in [0.25, 0.3) is 11.3 Å². The summed E-state index contributed by atoms with van der Waals surface area (Å²) in [6.07, 6.45) is 0. The number of benzene rings is 3. The quantitative estimate of drug-likeness (QED) is 0.388. The summed E-state index contributed by atoms with van der Waals surface area (Å²) in [5.74, 6) is -0.247. The smallest absolute Gasteiger partial charge is 0.258 e. The minimum atomic E-state index is -0.177. The number of hydrogen-bond acceptors (Lipinski definition) is 4. The van der Waals surface area contributed by atoms with Crippen LogP contribution in [0.3, 0.4) is 0 Å². The maximum atomic E-state index is 12.9. The lowest BCUT2D eigenvalue weighted by Crippen LogP contribution is -2.18. The molecule has 3 aromatic carbocycles. The minimum absolute atomic E-state index is 0.0708. The molecule has 1 heterocycles. The second-order valence-corrected chi connectivity index (χ2v) is 7.11. The average molecular weight is 398 g/mol. The van der Waals surface area contributed by atoms with Gasteiger partial charge in [0.25, 0.3) is 5.91 Å². The molecule has 6 heteroatoms. The van der Waals surface area contributed by atoms with E-state index in [0.29, 0.717) is 23.5 Å². The highest BCUT2D eigenvalue weighted by Gasteiger charge is 2.28. The number of carbonyl (C=O) groups is 2. The molecule has 150 valence electrons. The fourth-order valence-electron chi connectivity index (χ4n) is 3.39. The zero-order valence-corrected chi connectivity index (χ0v) is 16.5. The van der Waals surface area contributed by atoms with E-state index in [1.807, 2.05) is 66.7 Å². The molecule has 0 unspecified atom stereocenters. The van der Waals surface area contributed by atoms with Gasteiger partial charge in [0.05, 0.1) is 11.3 Å². The van der Waals surface area contributed by atoms with E-state index in [-0.39, 0.29) is 11.8 Å². The summed E-state index contributed by atoms with van der Waals surface area (Å²) >= 11 is 0. The highest BCUT2D eigenvalue weighted by Crippen LogP contribution is 2.38. The Morgan fingerprint density at radius 3 is 2.43 bits per heavy atom. The molecule has 0 aliphatic carbocycles. The van der Waals surface area contributed by atoms with Crippen LogP contribution in [-0.2, 0) is 16.1 Å². The number of amides is 2. The van der Waals surface area contributed by atoms with Gasteiger partial charge in [-0.15, -0.1) is 0 Å². The minimum Gasteiger partial charge on any atom is -0.399 e. The van der Waals surface area contributed by atoms with E-state index >= 15 is 0 Å². The van der Waals surface area contributed by atoms with Crippen molar-refractivity contribution < 1.29 is 9.59 Å². The van der Waals surface area contributed by atoms with Gasteiger partial charge in [0.15, 0.2) is 0 Å². The molecule has 0 saturated carbocycles. The van der Waals surface area contributed by atoms with Crippen molar-refractivity contribution in [3.05, 3.63) is 89.5 Å². The lowest BCUT2D eigenvalue weighted by molar-refractivity contribution is -0.119. The standard InChI is InChI=1S/C24H22N4O2/c1-15(29)26-14-16-7-10-19(11-8-16)27-23(17-5-3-2-4-6-17)22-20-13-18(25)9-12-21(20)28-24(22)30/h2-13,27H,14,25H2,1H3,(H,26,29)(H,28,30)/b23-22-. The number of nitrogens with two attached hydrogens (primary N) is 1. The van der Waals surface area contributed by atoms with E-state index < -0.39 is 0 Å². The largest absolute Gasteiger partial charge is 0.399 e. The Balaban J connectivity index is 1.74. The highest BCUT2D eigenvalue weighted by molar-refractivity contribution is 6.37. The molecule has 0 aromatic heterocycles. The molecule has 0 bridgehead atoms. The summed E-state index contributed by atoms with van der Waals surface area (Å²) in [4.78, 5) is 24.0. The molecule has 0 saturated heterocycles. The van der Waals surface area contributed by atoms with Gasteiger partial charge in [-0.1, -0.05) is 42.5 Å². The topological polar surface area (TPSA) is 96.2 Å². The predicted molar refractivity (Wildman–Crippen MR) is 120 cm³/mol. The SMILES string of the molecule is CC(=O)NCc1ccc(N/C(=C2\C(=O)Nc3ccc(N)cc32)c2ccccc2)cc1. The van der Waals surface area contributed by atoms with Crippen molar-refractivity contribution in [1.82, 2.24) is 5.32 Å². The summed E-state index contributed by atoms with van der Waals surface area (Å²) in [5.41, 5.74) is 12.0. The van der Waals surface area contributed by atoms with Gasteiger partial charge >= 0.3 is 0 Å². The van der Waals surface area contributed by atoms with Gasteiger partial charge in [0, 0.05) is 36.1 Å². The third-order valence-electron chi connectivity index (χ3n) is 4.87. The first-order chi connectivity index (χ1) is 14.5. The molecule has 1 aliphatic heterocycles. The van der Waals surface area contributed by atoms with Crippen molar-refractivity contribution in [2.45, 2.75) is 13.5 Å². The van der Waals surface area contributed by atoms with Gasteiger partial charge in [-0.25, -0.2) is 0 Å². The third kappa shape index (κ3) is 4.03. The van der Waals surface area contributed by atoms with Crippen LogP contribution in [0.2, 0.25) is 0 Å². The van der Waals surface area contributed by atoms with E-state index in [9.17, 15) is 9.59 Å². The Kier molecular flexibility index (Phi) is 5.22. The van der Waals surface area contributed by atoms with Crippen LogP contribution in [0.4, 0.5) is 17.1 Å². The molecular formula is C24H22N4O2. The van der Waals surface area contributed by atoms with Crippen molar-refractivity contribution in [2.24, 2.45) is 0 Å². The van der Waals surface area contributed by atoms with Crippen LogP contribution in [-0.4, -0.2) is 11.8 Å². The molecule has 1 aliphatic rings. The summed E-state index contributed by atoms with van der Waals surface area (Å²) < 4.78 is 0. The molecular weight excluding hydrogens is 376 g/mol. The molecule has 4 rings (SSSR count). The van der Waals surface area contributed by atoms with Crippen LogP contribution in [0, 0.1) is 0 Å². The van der Waals surface area contributed by atoms with Gasteiger partial charge in [-0.05, 0) is 41.5 Å². The molecule has 6 nitrogen and oxygen atoms in total. The van der Waals surface area contributed by atoms with Crippen LogP contribution >= 0.6 is 0 Å². The van der Waals surface area contributed by atoms with E-state index in [2.05, 4.69) is 16.0 Å². The van der Waals surface area contributed by atoms with E-state index in [4.69, 9.17) is 5.73 Å². The summed E-state index contributed by atoms with van der Waals surface area (Å²) in [6.45, 7) is 1.96. The monoisotopic (exact) mass is 398 g/mol. The second kappa shape index (κ2) is 8.13. The fraction of sp³-hybridized carbons (Fsp3) is 0.0833. The molecule has 0 atom stereocenters. The number of fused-ring (bicyclic) bond motifs is 1. The maximum Gasteiger partial charge on any atom is 0.258 e. The van der Waals surface area contributed by atoms with Gasteiger partial charge in [-0.2, -0.15) is 0 Å². The normalized spacial score (nSPS) is 14.0. The van der Waals surface area contributed by atoms with E-state index in [1.165, 1.54) is 6.92 Å². The number of rotatable bonds is 5. The number of carbonyl (C=O) groups excluding carboxylic acids is 2. The van der Waals surface area contributed by atoms with Gasteiger partial charge < -0.3 is 21.7 Å². The first kappa shape index (κ1) is 19.3. The van der Waals surface area contributed by atoms with Crippen LogP contribution in [0.15, 0.2) is 72.8 Å². The van der Waals surface area contributed by atoms with Crippen molar-refractivity contribution in [3.63, 3.8) is 0 Å². The molecule has 0 radical (unpaired) electrons. The number of anilines is 3. The lowest BCUT2D eigenvalue weighted by Gasteiger charge is -2.15. The maximum absolute atomic E-state index is 12.9. The Hall–Kier alpha value is -4.06. The Morgan fingerprint density at radius 2 is 1.73 bits per heavy atom. The molecule has 2 amide bonds. The van der Waals surface area contributed by atoms with Gasteiger partial charge in [0.1, 0.15) is 0 Å². The molecule has 5 N–H and O–H groups in total. The van der Waals surface area contributed by atoms with Crippen LogP contribution in [0.5, 0.6) is 0 Å². The lowest BCUT2D eigenvalue weighted by atomic mass is 9.99. The van der Waals surface area contributed by atoms with Crippen LogP contribution in [0.1, 0.15) is 23.6 Å². The Labute approximate surface area is 174 Å². The van der Waals surface area contributed by atoms with Crippen LogP contribution < -0.4 is 21.7 Å². The van der Waals surface area contributed by atoms with Crippen molar-refractivity contribution in [1.29, 1.82) is 0 Å². The predicted octanol–water partition coefficient (Wildman–Crippen LogP) is 3.84. The van der Waals surface area contributed by atoms with Gasteiger partial charge in [-0.3, -0.25) is 9.59 Å². The highest BCUT2D eigenvalue weighted by atomic mass is 16.2. The first-order valence-electron chi connectivity index (χ1n) is 9.62. The summed E-state index contributed by atoms with van der Waals surface area (Å²) in [6, 6.07) is 22.8. The molecule has 0 spiro atoms. The number of hydrogen-bond donors (Lipinski definition) is 4. The second-order valence-electron chi connectivity index (χ2n) is 7.11. The van der Waals surface area contributed by atoms with Crippen molar-refractivity contribution in [3.8, 4) is 0 Å². The fourth-order valence-corrected chi connectivity index (χ4v) is 3.39. The van der Waals surface area contributed by atoms with Gasteiger partial charge in [0.2, 0.25) is 5.91 Å². The zero-order valence-electron chi connectivity index (χ0n) is 16.5. The first-order valence-corrected chi connectivity index (χ1v) is 9.62. The Bertz CT molecular complexity index is 1140. The number of nitrogens with one attached hydrogen (secondary N) is 3.